The second-order valence-electron chi connectivity index (χ2n) is 4.33. The summed E-state index contributed by atoms with van der Waals surface area (Å²) in [5.41, 5.74) is 7.61. The minimum absolute atomic E-state index is 0.447. The van der Waals surface area contributed by atoms with E-state index in [1.165, 1.54) is 19.3 Å². The third kappa shape index (κ3) is 3.42. The number of nitrogens with two attached hydrogens (primary N) is 1. The molecular weight excluding hydrogens is 200 g/mol. The Morgan fingerprint density at radius 3 is 3.06 bits per heavy atom. The van der Waals surface area contributed by atoms with Gasteiger partial charge in [-0.2, -0.15) is 0 Å². The minimum Gasteiger partial charge on any atom is -0.399 e. The van der Waals surface area contributed by atoms with Crippen LogP contribution in [0.2, 0.25) is 0 Å². The molecule has 1 aromatic rings. The zero-order valence-electron chi connectivity index (χ0n) is 9.61. The molecule has 1 aliphatic rings. The highest BCUT2D eigenvalue weighted by atomic mass is 16.5. The van der Waals surface area contributed by atoms with E-state index < -0.39 is 0 Å². The Kier molecular flexibility index (Phi) is 4.05. The Labute approximate surface area is 97.0 Å². The molecule has 0 spiro atoms. The number of hydrogen-bond donors (Lipinski definition) is 2. The molecule has 1 heterocycles. The number of nitrogen functional groups attached to an aromatic ring is 1. The topological polar surface area (TPSA) is 47.3 Å². The molecular formula is C13H20N2O. The van der Waals surface area contributed by atoms with Crippen molar-refractivity contribution in [2.24, 2.45) is 0 Å². The number of hydrogen-bond acceptors (Lipinski definition) is 3. The van der Waals surface area contributed by atoms with Crippen LogP contribution < -0.4 is 11.1 Å². The summed E-state index contributed by atoms with van der Waals surface area (Å²) in [6.07, 6.45) is 5.26. The second kappa shape index (κ2) is 5.75. The number of nitrogens with one attached hydrogen (secondary N) is 1. The summed E-state index contributed by atoms with van der Waals surface area (Å²) < 4.78 is 5.67. The van der Waals surface area contributed by atoms with Crippen LogP contribution in [0.5, 0.6) is 0 Å². The number of benzene rings is 1. The third-order valence-electron chi connectivity index (χ3n) is 2.96. The third-order valence-corrected chi connectivity index (χ3v) is 2.96. The predicted octanol–water partition coefficient (Wildman–Crippen LogP) is 2.64. The van der Waals surface area contributed by atoms with Gasteiger partial charge in [0.2, 0.25) is 0 Å². The van der Waals surface area contributed by atoms with E-state index in [0.29, 0.717) is 6.10 Å². The fraction of sp³-hybridized carbons (Fsp3) is 0.538. The summed E-state index contributed by atoms with van der Waals surface area (Å²) >= 11 is 0. The molecule has 1 unspecified atom stereocenters. The van der Waals surface area contributed by atoms with Gasteiger partial charge < -0.3 is 15.8 Å². The molecule has 88 valence electrons. The summed E-state index contributed by atoms with van der Waals surface area (Å²) in [5, 5.41) is 3.37. The van der Waals surface area contributed by atoms with Crippen LogP contribution in [0.25, 0.3) is 0 Å². The average Bonchev–Trinajstić information content (AvgIpc) is 2.30. The van der Waals surface area contributed by atoms with Gasteiger partial charge >= 0.3 is 0 Å². The van der Waals surface area contributed by atoms with Crippen molar-refractivity contribution < 1.29 is 4.74 Å². The van der Waals surface area contributed by atoms with E-state index in [1.54, 1.807) is 0 Å². The Bertz CT molecular complexity index is 321. The first-order valence-corrected chi connectivity index (χ1v) is 6.05. The smallest absolute Gasteiger partial charge is 0.0591 e. The van der Waals surface area contributed by atoms with Gasteiger partial charge in [0.15, 0.2) is 0 Å². The molecule has 2 rings (SSSR count). The molecule has 0 aromatic heterocycles. The molecule has 1 aromatic carbocycles. The normalized spacial score (nSPS) is 20.6. The van der Waals surface area contributed by atoms with Crippen LogP contribution in [0.3, 0.4) is 0 Å². The van der Waals surface area contributed by atoms with Crippen molar-refractivity contribution in [2.75, 3.05) is 24.2 Å². The van der Waals surface area contributed by atoms with Crippen molar-refractivity contribution in [3.63, 3.8) is 0 Å². The van der Waals surface area contributed by atoms with Crippen LogP contribution in [-0.2, 0) is 4.74 Å². The first-order valence-electron chi connectivity index (χ1n) is 6.05. The molecule has 3 nitrogen and oxygen atoms in total. The fourth-order valence-electron chi connectivity index (χ4n) is 2.06. The molecule has 0 amide bonds. The van der Waals surface area contributed by atoms with Gasteiger partial charge in [-0.1, -0.05) is 6.07 Å². The summed E-state index contributed by atoms with van der Waals surface area (Å²) in [7, 11) is 0. The maximum absolute atomic E-state index is 5.71. The molecule has 1 atom stereocenters. The van der Waals surface area contributed by atoms with Gasteiger partial charge in [0, 0.05) is 24.5 Å². The number of ether oxygens (including phenoxy) is 1. The quantitative estimate of drug-likeness (QED) is 0.767. The minimum atomic E-state index is 0.447. The fourth-order valence-corrected chi connectivity index (χ4v) is 2.06. The predicted molar refractivity (Wildman–Crippen MR) is 67.6 cm³/mol. The van der Waals surface area contributed by atoms with Gasteiger partial charge in [-0.25, -0.2) is 0 Å². The van der Waals surface area contributed by atoms with Crippen molar-refractivity contribution in [3.05, 3.63) is 24.3 Å². The van der Waals surface area contributed by atoms with E-state index >= 15 is 0 Å². The van der Waals surface area contributed by atoms with Gasteiger partial charge in [0.1, 0.15) is 0 Å². The molecule has 3 heteroatoms. The van der Waals surface area contributed by atoms with Crippen molar-refractivity contribution in [3.8, 4) is 0 Å². The SMILES string of the molecule is Nc1cccc(NCCC2CCCCO2)c1. The molecule has 0 bridgehead atoms. The standard InChI is InChI=1S/C13H20N2O/c14-11-4-3-5-12(10-11)15-8-7-13-6-1-2-9-16-13/h3-5,10,13,15H,1-2,6-9,14H2. The van der Waals surface area contributed by atoms with E-state index in [-0.39, 0.29) is 0 Å². The van der Waals surface area contributed by atoms with Crippen LogP contribution in [0.15, 0.2) is 24.3 Å². The zero-order chi connectivity index (χ0) is 11.2. The Balaban J connectivity index is 1.71. The summed E-state index contributed by atoms with van der Waals surface area (Å²) in [6.45, 7) is 1.89. The first-order chi connectivity index (χ1) is 7.84. The lowest BCUT2D eigenvalue weighted by molar-refractivity contribution is 0.0134. The molecule has 1 saturated heterocycles. The lowest BCUT2D eigenvalue weighted by atomic mass is 10.1. The largest absolute Gasteiger partial charge is 0.399 e. The molecule has 3 N–H and O–H groups in total. The van der Waals surface area contributed by atoms with E-state index in [2.05, 4.69) is 5.32 Å². The first kappa shape index (κ1) is 11.3. The van der Waals surface area contributed by atoms with Crippen LogP contribution >= 0.6 is 0 Å². The van der Waals surface area contributed by atoms with Crippen LogP contribution in [0.4, 0.5) is 11.4 Å². The Hall–Kier alpha value is -1.22. The molecule has 0 aliphatic carbocycles. The van der Waals surface area contributed by atoms with Gasteiger partial charge in [0.05, 0.1) is 6.10 Å². The van der Waals surface area contributed by atoms with Gasteiger partial charge in [0.25, 0.3) is 0 Å². The van der Waals surface area contributed by atoms with Crippen LogP contribution in [-0.4, -0.2) is 19.3 Å². The molecule has 16 heavy (non-hydrogen) atoms. The second-order valence-corrected chi connectivity index (χ2v) is 4.33. The van der Waals surface area contributed by atoms with Gasteiger partial charge in [-0.3, -0.25) is 0 Å². The maximum atomic E-state index is 5.71. The Morgan fingerprint density at radius 2 is 2.31 bits per heavy atom. The highest BCUT2D eigenvalue weighted by Crippen LogP contribution is 2.16. The van der Waals surface area contributed by atoms with Gasteiger partial charge in [-0.15, -0.1) is 0 Å². The van der Waals surface area contributed by atoms with Crippen LogP contribution in [0, 0.1) is 0 Å². The zero-order valence-corrected chi connectivity index (χ0v) is 9.61. The maximum Gasteiger partial charge on any atom is 0.0591 e. The summed E-state index contributed by atoms with van der Waals surface area (Å²) in [5.74, 6) is 0. The summed E-state index contributed by atoms with van der Waals surface area (Å²) in [6, 6.07) is 7.87. The van der Waals surface area contributed by atoms with Crippen molar-refractivity contribution in [1.29, 1.82) is 0 Å². The average molecular weight is 220 g/mol. The molecule has 0 saturated carbocycles. The van der Waals surface area contributed by atoms with Gasteiger partial charge in [-0.05, 0) is 43.9 Å². The van der Waals surface area contributed by atoms with E-state index in [9.17, 15) is 0 Å². The highest BCUT2D eigenvalue weighted by Gasteiger charge is 2.12. The molecule has 1 aliphatic heterocycles. The van der Waals surface area contributed by atoms with E-state index in [1.807, 2.05) is 24.3 Å². The lowest BCUT2D eigenvalue weighted by Crippen LogP contribution is -2.21. The molecule has 0 radical (unpaired) electrons. The molecule has 1 fully saturated rings. The van der Waals surface area contributed by atoms with Crippen LogP contribution in [0.1, 0.15) is 25.7 Å². The highest BCUT2D eigenvalue weighted by molar-refractivity contribution is 5.53. The lowest BCUT2D eigenvalue weighted by Gasteiger charge is -2.22. The monoisotopic (exact) mass is 220 g/mol. The van der Waals surface area contributed by atoms with Crippen molar-refractivity contribution in [1.82, 2.24) is 0 Å². The van der Waals surface area contributed by atoms with E-state index in [0.717, 1.165) is 30.9 Å². The van der Waals surface area contributed by atoms with E-state index in [4.69, 9.17) is 10.5 Å². The van der Waals surface area contributed by atoms with Crippen molar-refractivity contribution in [2.45, 2.75) is 31.8 Å². The van der Waals surface area contributed by atoms with Crippen molar-refractivity contribution >= 4 is 11.4 Å². The Morgan fingerprint density at radius 1 is 1.38 bits per heavy atom. The number of anilines is 2. The summed E-state index contributed by atoms with van der Waals surface area (Å²) in [4.78, 5) is 0. The number of rotatable bonds is 4.